The van der Waals surface area contributed by atoms with Crippen LogP contribution >= 0.6 is 11.6 Å². The maximum atomic E-state index is 12.8. The predicted octanol–water partition coefficient (Wildman–Crippen LogP) is 4.29. The average Bonchev–Trinajstić information content (AvgIpc) is 3.13. The first-order valence-corrected chi connectivity index (χ1v) is 10.1. The van der Waals surface area contributed by atoms with Crippen LogP contribution in [0.2, 0.25) is 5.02 Å². The van der Waals surface area contributed by atoms with Crippen molar-refractivity contribution >= 4 is 29.3 Å². The Morgan fingerprint density at radius 1 is 1.17 bits per heavy atom. The first-order valence-electron chi connectivity index (χ1n) is 9.71. The van der Waals surface area contributed by atoms with Crippen molar-refractivity contribution in [3.63, 3.8) is 0 Å². The Labute approximate surface area is 179 Å². The lowest BCUT2D eigenvalue weighted by Crippen LogP contribution is -2.39. The molecule has 0 saturated carbocycles. The molecular formula is C22H21ClN4O3. The van der Waals surface area contributed by atoms with E-state index in [1.165, 1.54) is 0 Å². The lowest BCUT2D eigenvalue weighted by atomic mass is 10.0. The molecule has 0 spiro atoms. The van der Waals surface area contributed by atoms with Gasteiger partial charge in [0.25, 0.3) is 0 Å². The number of carbonyl (C=O) groups excluding carboxylic acids is 2. The summed E-state index contributed by atoms with van der Waals surface area (Å²) in [7, 11) is 0. The van der Waals surface area contributed by atoms with Crippen LogP contribution in [0.15, 0.2) is 54.6 Å². The zero-order valence-corrected chi connectivity index (χ0v) is 17.2. The van der Waals surface area contributed by atoms with E-state index in [1.807, 2.05) is 30.3 Å². The quantitative estimate of drug-likeness (QED) is 0.634. The summed E-state index contributed by atoms with van der Waals surface area (Å²) in [6.07, 6.45) is 0.569. The molecule has 1 aliphatic heterocycles. The molecule has 3 aromatic rings. The largest absolute Gasteiger partial charge is 0.461 e. The number of rotatable bonds is 4. The zero-order chi connectivity index (χ0) is 21.1. The molecule has 0 bridgehead atoms. The van der Waals surface area contributed by atoms with Gasteiger partial charge in [-0.1, -0.05) is 35.9 Å². The Hall–Kier alpha value is -3.32. The van der Waals surface area contributed by atoms with Gasteiger partial charge in [-0.3, -0.25) is 0 Å². The smallest absolute Gasteiger partial charge is 0.359 e. The van der Waals surface area contributed by atoms with Crippen LogP contribution in [0.3, 0.4) is 0 Å². The molecule has 7 nitrogen and oxygen atoms in total. The number of nitrogens with one attached hydrogen (secondary N) is 1. The molecule has 4 rings (SSSR count). The molecule has 2 heterocycles. The standard InChI is InChI=1S/C22H21ClN4O3/c1-2-30-21(28)20-18-14-26(22(29)24-16-8-6-7-15(23)13-16)12-11-19(18)27(25-20)17-9-4-3-5-10-17/h3-10,13H,2,11-12,14H2,1H3,(H,24,29). The van der Waals surface area contributed by atoms with Crippen molar-refractivity contribution in [3.05, 3.63) is 76.6 Å². The highest BCUT2D eigenvalue weighted by Crippen LogP contribution is 2.27. The molecule has 1 N–H and O–H groups in total. The lowest BCUT2D eigenvalue weighted by molar-refractivity contribution is 0.0516. The second-order valence-corrected chi connectivity index (χ2v) is 7.29. The maximum absolute atomic E-state index is 12.8. The summed E-state index contributed by atoms with van der Waals surface area (Å²) in [6, 6.07) is 16.3. The van der Waals surface area contributed by atoms with Gasteiger partial charge in [0.15, 0.2) is 5.69 Å². The third-order valence-electron chi connectivity index (χ3n) is 4.89. The summed E-state index contributed by atoms with van der Waals surface area (Å²) in [4.78, 5) is 27.0. The van der Waals surface area contributed by atoms with Gasteiger partial charge in [-0.25, -0.2) is 14.3 Å². The van der Waals surface area contributed by atoms with E-state index in [-0.39, 0.29) is 24.9 Å². The fourth-order valence-corrected chi connectivity index (χ4v) is 3.70. The molecule has 0 aliphatic carbocycles. The van der Waals surface area contributed by atoms with Crippen molar-refractivity contribution in [1.29, 1.82) is 0 Å². The fraction of sp³-hybridized carbons (Fsp3) is 0.227. The summed E-state index contributed by atoms with van der Waals surface area (Å²) in [5.74, 6) is -0.486. The molecule has 0 atom stereocenters. The molecule has 1 aromatic heterocycles. The van der Waals surface area contributed by atoms with Crippen LogP contribution in [0, 0.1) is 0 Å². The number of amides is 2. The number of benzene rings is 2. The van der Waals surface area contributed by atoms with E-state index >= 15 is 0 Å². The first-order chi connectivity index (χ1) is 14.6. The van der Waals surface area contributed by atoms with Gasteiger partial charge in [0.2, 0.25) is 0 Å². The van der Waals surface area contributed by atoms with E-state index in [2.05, 4.69) is 10.4 Å². The summed E-state index contributed by atoms with van der Waals surface area (Å²) in [6.45, 7) is 2.77. The summed E-state index contributed by atoms with van der Waals surface area (Å²) in [5, 5.41) is 7.93. The first kappa shape index (κ1) is 20.0. The van der Waals surface area contributed by atoms with Gasteiger partial charge < -0.3 is 15.0 Å². The van der Waals surface area contributed by atoms with Crippen LogP contribution in [-0.2, 0) is 17.7 Å². The summed E-state index contributed by atoms with van der Waals surface area (Å²) < 4.78 is 6.97. The molecule has 2 aromatic carbocycles. The van der Waals surface area contributed by atoms with Crippen LogP contribution in [-0.4, -0.2) is 39.8 Å². The second-order valence-electron chi connectivity index (χ2n) is 6.85. The van der Waals surface area contributed by atoms with Crippen LogP contribution in [0.25, 0.3) is 5.69 Å². The predicted molar refractivity (Wildman–Crippen MR) is 114 cm³/mol. The third-order valence-corrected chi connectivity index (χ3v) is 5.13. The number of urea groups is 1. The molecule has 8 heteroatoms. The van der Waals surface area contributed by atoms with Crippen LogP contribution in [0.4, 0.5) is 10.5 Å². The number of esters is 1. The number of anilines is 1. The average molecular weight is 425 g/mol. The Morgan fingerprint density at radius 2 is 1.97 bits per heavy atom. The molecule has 2 amide bonds. The Balaban J connectivity index is 1.63. The van der Waals surface area contributed by atoms with Crippen molar-refractivity contribution < 1.29 is 14.3 Å². The van der Waals surface area contributed by atoms with Gasteiger partial charge in [0, 0.05) is 29.2 Å². The number of para-hydroxylation sites is 1. The summed E-state index contributed by atoms with van der Waals surface area (Å²) >= 11 is 6.00. The fourth-order valence-electron chi connectivity index (χ4n) is 3.51. The van der Waals surface area contributed by atoms with E-state index in [0.717, 1.165) is 11.4 Å². The van der Waals surface area contributed by atoms with Crippen molar-refractivity contribution in [2.24, 2.45) is 0 Å². The normalized spacial score (nSPS) is 12.9. The Kier molecular flexibility index (Phi) is 5.72. The SMILES string of the molecule is CCOC(=O)c1nn(-c2ccccc2)c2c1CN(C(=O)Nc1cccc(Cl)c1)CC2. The van der Waals surface area contributed by atoms with Gasteiger partial charge in [-0.05, 0) is 37.3 Å². The van der Waals surface area contributed by atoms with Crippen molar-refractivity contribution in [3.8, 4) is 5.69 Å². The minimum atomic E-state index is -0.486. The zero-order valence-electron chi connectivity index (χ0n) is 16.5. The number of nitrogens with zero attached hydrogens (tertiary/aromatic N) is 3. The maximum Gasteiger partial charge on any atom is 0.359 e. The molecule has 154 valence electrons. The number of fused-ring (bicyclic) bond motifs is 1. The highest BCUT2D eigenvalue weighted by molar-refractivity contribution is 6.30. The Morgan fingerprint density at radius 3 is 2.70 bits per heavy atom. The third kappa shape index (κ3) is 4.02. The van der Waals surface area contributed by atoms with Crippen LogP contribution in [0.1, 0.15) is 28.7 Å². The van der Waals surface area contributed by atoms with Crippen molar-refractivity contribution in [2.45, 2.75) is 19.9 Å². The number of ether oxygens (including phenoxy) is 1. The number of carbonyl (C=O) groups is 2. The van der Waals surface area contributed by atoms with Gasteiger partial charge in [0.1, 0.15) is 0 Å². The van der Waals surface area contributed by atoms with E-state index in [4.69, 9.17) is 16.3 Å². The number of halogens is 1. The molecule has 0 fully saturated rings. The van der Waals surface area contributed by atoms with Crippen molar-refractivity contribution in [1.82, 2.24) is 14.7 Å². The minimum absolute atomic E-state index is 0.246. The van der Waals surface area contributed by atoms with E-state index in [0.29, 0.717) is 29.2 Å². The van der Waals surface area contributed by atoms with Gasteiger partial charge in [-0.15, -0.1) is 0 Å². The lowest BCUT2D eigenvalue weighted by Gasteiger charge is -2.28. The molecule has 30 heavy (non-hydrogen) atoms. The van der Waals surface area contributed by atoms with E-state index in [9.17, 15) is 9.59 Å². The highest BCUT2D eigenvalue weighted by Gasteiger charge is 2.31. The van der Waals surface area contributed by atoms with E-state index < -0.39 is 5.97 Å². The van der Waals surface area contributed by atoms with Crippen molar-refractivity contribution in [2.75, 3.05) is 18.5 Å². The number of hydrogen-bond donors (Lipinski definition) is 1. The molecule has 1 aliphatic rings. The second kappa shape index (κ2) is 8.59. The van der Waals surface area contributed by atoms with Gasteiger partial charge in [0.05, 0.1) is 24.5 Å². The number of aromatic nitrogens is 2. The van der Waals surface area contributed by atoms with Crippen LogP contribution in [0.5, 0.6) is 0 Å². The summed E-state index contributed by atoms with van der Waals surface area (Å²) in [5.41, 5.74) is 3.35. The van der Waals surface area contributed by atoms with Gasteiger partial charge in [-0.2, -0.15) is 5.10 Å². The minimum Gasteiger partial charge on any atom is -0.461 e. The molecule has 0 unspecified atom stereocenters. The Bertz CT molecular complexity index is 1080. The van der Waals surface area contributed by atoms with Gasteiger partial charge >= 0.3 is 12.0 Å². The number of hydrogen-bond acceptors (Lipinski definition) is 4. The molecule has 0 radical (unpaired) electrons. The highest BCUT2D eigenvalue weighted by atomic mass is 35.5. The topological polar surface area (TPSA) is 76.5 Å². The monoisotopic (exact) mass is 424 g/mol. The molecular weight excluding hydrogens is 404 g/mol. The van der Waals surface area contributed by atoms with E-state index in [1.54, 1.807) is 40.8 Å². The van der Waals surface area contributed by atoms with Crippen LogP contribution < -0.4 is 5.32 Å². The molecule has 0 saturated heterocycles.